The second kappa shape index (κ2) is 7.22. The first-order valence-electron chi connectivity index (χ1n) is 6.29. The average molecular weight is 290 g/mol. The number of Topliss-reactive ketones (excluding diaryl/α,β-unsaturated/α-hetero) is 1. The Morgan fingerprint density at radius 2 is 1.80 bits per heavy atom. The third-order valence-corrected chi connectivity index (χ3v) is 3.80. The number of benzene rings is 2. The van der Waals surface area contributed by atoms with E-state index in [9.17, 15) is 9.18 Å². The van der Waals surface area contributed by atoms with Crippen molar-refractivity contribution in [3.8, 4) is 11.1 Å². The van der Waals surface area contributed by atoms with Crippen molar-refractivity contribution in [3.63, 3.8) is 0 Å². The molecule has 2 aromatic rings. The van der Waals surface area contributed by atoms with Crippen molar-refractivity contribution in [2.75, 3.05) is 18.1 Å². The summed E-state index contributed by atoms with van der Waals surface area (Å²) in [6.45, 7) is 0.0736. The van der Waals surface area contributed by atoms with Gasteiger partial charge in [0, 0.05) is 16.9 Å². The van der Waals surface area contributed by atoms with Crippen LogP contribution in [0, 0.1) is 5.82 Å². The molecule has 0 heterocycles. The molecule has 2 rings (SSSR count). The summed E-state index contributed by atoms with van der Waals surface area (Å²) in [6, 6.07) is 13.5. The quantitative estimate of drug-likeness (QED) is 0.654. The lowest BCUT2D eigenvalue weighted by atomic mass is 10.0. The number of aliphatic hydroxyl groups is 1. The molecule has 0 amide bonds. The molecule has 0 fully saturated rings. The summed E-state index contributed by atoms with van der Waals surface area (Å²) in [6.07, 6.45) is 0. The zero-order chi connectivity index (χ0) is 14.4. The summed E-state index contributed by atoms with van der Waals surface area (Å²) in [4.78, 5) is 11.9. The molecule has 0 aliphatic rings. The minimum Gasteiger partial charge on any atom is -0.396 e. The van der Waals surface area contributed by atoms with Gasteiger partial charge in [0.1, 0.15) is 5.82 Å². The molecule has 0 unspecified atom stereocenters. The number of aliphatic hydroxyl groups excluding tert-OH is 1. The summed E-state index contributed by atoms with van der Waals surface area (Å²) in [5.41, 5.74) is 1.89. The van der Waals surface area contributed by atoms with Gasteiger partial charge in [0.05, 0.1) is 12.4 Å². The van der Waals surface area contributed by atoms with Crippen molar-refractivity contribution in [3.05, 3.63) is 59.9 Å². The Morgan fingerprint density at radius 1 is 1.10 bits per heavy atom. The van der Waals surface area contributed by atoms with Crippen LogP contribution in [-0.4, -0.2) is 29.0 Å². The van der Waals surface area contributed by atoms with Crippen LogP contribution >= 0.6 is 11.8 Å². The normalized spacial score (nSPS) is 10.5. The highest BCUT2D eigenvalue weighted by atomic mass is 32.2. The van der Waals surface area contributed by atoms with Crippen LogP contribution in [0.4, 0.5) is 4.39 Å². The average Bonchev–Trinajstić information content (AvgIpc) is 2.48. The van der Waals surface area contributed by atoms with Gasteiger partial charge in [-0.3, -0.25) is 4.79 Å². The highest BCUT2D eigenvalue weighted by molar-refractivity contribution is 8.00. The Hall–Kier alpha value is -1.65. The smallest absolute Gasteiger partial charge is 0.172 e. The van der Waals surface area contributed by atoms with Gasteiger partial charge in [-0.2, -0.15) is 11.8 Å². The monoisotopic (exact) mass is 290 g/mol. The van der Waals surface area contributed by atoms with Crippen molar-refractivity contribution in [1.82, 2.24) is 0 Å². The largest absolute Gasteiger partial charge is 0.396 e. The van der Waals surface area contributed by atoms with E-state index in [1.807, 2.05) is 0 Å². The summed E-state index contributed by atoms with van der Waals surface area (Å²) < 4.78 is 13.6. The van der Waals surface area contributed by atoms with Crippen LogP contribution in [0.1, 0.15) is 10.4 Å². The molecule has 0 saturated carbocycles. The highest BCUT2D eigenvalue weighted by Crippen LogP contribution is 2.23. The number of ketones is 1. The standard InChI is InChI=1S/C16H15FO2S/c17-15-4-2-1-3-14(15)12-5-7-13(8-6-12)16(19)11-20-10-9-18/h1-8,18H,9-11H2. The second-order valence-corrected chi connectivity index (χ2v) is 5.36. The van der Waals surface area contributed by atoms with E-state index >= 15 is 0 Å². The number of hydrogen-bond acceptors (Lipinski definition) is 3. The molecule has 20 heavy (non-hydrogen) atoms. The Labute approximate surface area is 121 Å². The van der Waals surface area contributed by atoms with Gasteiger partial charge < -0.3 is 5.11 Å². The molecule has 0 spiro atoms. The van der Waals surface area contributed by atoms with Crippen molar-refractivity contribution in [1.29, 1.82) is 0 Å². The first-order valence-corrected chi connectivity index (χ1v) is 7.44. The molecule has 0 aliphatic heterocycles. The van der Waals surface area contributed by atoms with Gasteiger partial charge in [-0.25, -0.2) is 4.39 Å². The van der Waals surface area contributed by atoms with E-state index in [1.54, 1.807) is 42.5 Å². The van der Waals surface area contributed by atoms with E-state index in [0.29, 0.717) is 22.6 Å². The molecule has 0 aromatic heterocycles. The Morgan fingerprint density at radius 3 is 2.45 bits per heavy atom. The van der Waals surface area contributed by atoms with E-state index in [-0.39, 0.29) is 18.2 Å². The lowest BCUT2D eigenvalue weighted by Crippen LogP contribution is -2.03. The third kappa shape index (κ3) is 3.68. The maximum absolute atomic E-state index is 13.6. The van der Waals surface area contributed by atoms with E-state index in [2.05, 4.69) is 0 Å². The SMILES string of the molecule is O=C(CSCCO)c1ccc(-c2ccccc2F)cc1. The van der Waals surface area contributed by atoms with Gasteiger partial charge in [0.2, 0.25) is 0 Å². The molecule has 2 nitrogen and oxygen atoms in total. The first kappa shape index (κ1) is 14.8. The fourth-order valence-electron chi connectivity index (χ4n) is 1.84. The molecule has 0 aliphatic carbocycles. The van der Waals surface area contributed by atoms with Gasteiger partial charge in [-0.1, -0.05) is 42.5 Å². The van der Waals surface area contributed by atoms with Crippen LogP contribution in [0.25, 0.3) is 11.1 Å². The van der Waals surface area contributed by atoms with Crippen LogP contribution in [0.3, 0.4) is 0 Å². The van der Waals surface area contributed by atoms with Gasteiger partial charge in [0.25, 0.3) is 0 Å². The molecule has 0 radical (unpaired) electrons. The van der Waals surface area contributed by atoms with Crippen molar-refractivity contribution in [2.24, 2.45) is 0 Å². The summed E-state index contributed by atoms with van der Waals surface area (Å²) in [5.74, 6) is 0.646. The Kier molecular flexibility index (Phi) is 5.32. The number of rotatable bonds is 6. The fourth-order valence-corrected chi connectivity index (χ4v) is 2.47. The first-order chi connectivity index (χ1) is 9.72. The van der Waals surface area contributed by atoms with E-state index in [0.717, 1.165) is 5.56 Å². The maximum atomic E-state index is 13.6. The zero-order valence-corrected chi connectivity index (χ0v) is 11.7. The van der Waals surface area contributed by atoms with Crippen LogP contribution in [0.5, 0.6) is 0 Å². The maximum Gasteiger partial charge on any atom is 0.172 e. The molecular formula is C16H15FO2S. The number of hydrogen-bond donors (Lipinski definition) is 1. The second-order valence-electron chi connectivity index (χ2n) is 4.26. The Balaban J connectivity index is 2.10. The van der Waals surface area contributed by atoms with Crippen molar-refractivity contribution >= 4 is 17.5 Å². The Bertz CT molecular complexity index is 581. The number of carbonyl (C=O) groups is 1. The predicted molar refractivity (Wildman–Crippen MR) is 80.6 cm³/mol. The van der Waals surface area contributed by atoms with Gasteiger partial charge in [-0.15, -0.1) is 0 Å². The number of carbonyl (C=O) groups excluding carboxylic acids is 1. The molecule has 0 saturated heterocycles. The topological polar surface area (TPSA) is 37.3 Å². The van der Waals surface area contributed by atoms with E-state index in [4.69, 9.17) is 5.11 Å². The van der Waals surface area contributed by atoms with E-state index < -0.39 is 0 Å². The minimum atomic E-state index is -0.273. The lowest BCUT2D eigenvalue weighted by molar-refractivity contribution is 0.102. The van der Waals surface area contributed by atoms with Crippen LogP contribution in [0.2, 0.25) is 0 Å². The molecular weight excluding hydrogens is 275 g/mol. The summed E-state index contributed by atoms with van der Waals surface area (Å²) in [5, 5.41) is 8.67. The molecule has 104 valence electrons. The highest BCUT2D eigenvalue weighted by Gasteiger charge is 2.08. The molecule has 0 atom stereocenters. The van der Waals surface area contributed by atoms with Gasteiger partial charge in [-0.05, 0) is 11.6 Å². The molecule has 2 aromatic carbocycles. The molecule has 0 bridgehead atoms. The zero-order valence-electron chi connectivity index (χ0n) is 10.9. The molecule has 4 heteroatoms. The fraction of sp³-hybridized carbons (Fsp3) is 0.188. The van der Waals surface area contributed by atoms with E-state index in [1.165, 1.54) is 17.8 Å². The molecule has 1 N–H and O–H groups in total. The summed E-state index contributed by atoms with van der Waals surface area (Å²) in [7, 11) is 0. The minimum absolute atomic E-state index is 0.0172. The van der Waals surface area contributed by atoms with Crippen LogP contribution in [0.15, 0.2) is 48.5 Å². The van der Waals surface area contributed by atoms with Crippen molar-refractivity contribution in [2.45, 2.75) is 0 Å². The lowest BCUT2D eigenvalue weighted by Gasteiger charge is -2.05. The van der Waals surface area contributed by atoms with Crippen LogP contribution in [-0.2, 0) is 0 Å². The van der Waals surface area contributed by atoms with Gasteiger partial charge >= 0.3 is 0 Å². The summed E-state index contributed by atoms with van der Waals surface area (Å²) >= 11 is 1.40. The van der Waals surface area contributed by atoms with Gasteiger partial charge in [0.15, 0.2) is 5.78 Å². The number of halogens is 1. The predicted octanol–water partition coefficient (Wildman–Crippen LogP) is 3.40. The number of thioether (sulfide) groups is 1. The third-order valence-electron chi connectivity index (χ3n) is 2.86. The van der Waals surface area contributed by atoms with Crippen molar-refractivity contribution < 1.29 is 14.3 Å². The van der Waals surface area contributed by atoms with Crippen LogP contribution < -0.4 is 0 Å².